The number of carbonyl (C=O) groups is 1. The normalized spacial score (nSPS) is 16.9. The third-order valence-corrected chi connectivity index (χ3v) is 7.22. The maximum absolute atomic E-state index is 14.4. The molecule has 3 aromatic rings. The molecule has 0 bridgehead atoms. The van der Waals surface area contributed by atoms with Crippen LogP contribution in [0.25, 0.3) is 5.52 Å². The Morgan fingerprint density at radius 3 is 2.74 bits per heavy atom. The molecule has 1 atom stereocenters. The second-order valence-electron chi connectivity index (χ2n) is 7.82. The summed E-state index contributed by atoms with van der Waals surface area (Å²) in [6, 6.07) is 6.57. The molecule has 0 radical (unpaired) electrons. The highest BCUT2D eigenvalue weighted by Crippen LogP contribution is 2.38. The Morgan fingerprint density at radius 2 is 2.00 bits per heavy atom. The molecule has 10 heteroatoms. The number of halogens is 2. The summed E-state index contributed by atoms with van der Waals surface area (Å²) in [4.78, 5) is 14.5. The molecule has 7 nitrogen and oxygen atoms in total. The zero-order valence-electron chi connectivity index (χ0n) is 17.0. The molecular formula is C21H22F2N4O3S. The van der Waals surface area contributed by atoms with Crippen LogP contribution in [0.1, 0.15) is 48.7 Å². The first kappa shape index (κ1) is 21.2. The monoisotopic (exact) mass is 448 g/mol. The van der Waals surface area contributed by atoms with Crippen LogP contribution in [0.15, 0.2) is 42.7 Å². The van der Waals surface area contributed by atoms with Gasteiger partial charge in [-0.05, 0) is 57.0 Å². The lowest BCUT2D eigenvalue weighted by Crippen LogP contribution is -2.35. The number of fused-ring (bicyclic) bond motifs is 1. The summed E-state index contributed by atoms with van der Waals surface area (Å²) in [5.41, 5.74) is 1.52. The molecule has 1 aromatic carbocycles. The molecule has 0 unspecified atom stereocenters. The number of nitrogens with zero attached hydrogens (tertiary/aromatic N) is 3. The number of hydrogen-bond acceptors (Lipinski definition) is 5. The molecule has 1 aliphatic rings. The fourth-order valence-electron chi connectivity index (χ4n) is 3.79. The molecule has 1 fully saturated rings. The molecule has 2 aromatic heterocycles. The number of benzene rings is 1. The molecule has 1 amide bonds. The van der Waals surface area contributed by atoms with Gasteiger partial charge in [0.25, 0.3) is 5.91 Å². The van der Waals surface area contributed by atoms with Gasteiger partial charge in [0.1, 0.15) is 11.6 Å². The van der Waals surface area contributed by atoms with Crippen LogP contribution in [0.3, 0.4) is 0 Å². The number of sulfonamides is 1. The van der Waals surface area contributed by atoms with Gasteiger partial charge in [-0.15, -0.1) is 0 Å². The van der Waals surface area contributed by atoms with E-state index < -0.39 is 32.8 Å². The predicted molar refractivity (Wildman–Crippen MR) is 112 cm³/mol. The van der Waals surface area contributed by atoms with Gasteiger partial charge in [0.15, 0.2) is 0 Å². The largest absolute Gasteiger partial charge is 0.364 e. The van der Waals surface area contributed by atoms with Crippen molar-refractivity contribution in [3.05, 3.63) is 65.5 Å². The Labute approximate surface area is 178 Å². The Morgan fingerprint density at radius 1 is 1.23 bits per heavy atom. The van der Waals surface area contributed by atoms with E-state index in [1.165, 1.54) is 30.6 Å². The molecule has 0 saturated carbocycles. The third kappa shape index (κ3) is 3.99. The fourth-order valence-corrected chi connectivity index (χ4v) is 4.40. The second-order valence-corrected chi connectivity index (χ2v) is 10.1. The first-order valence-corrected chi connectivity index (χ1v) is 11.5. The van der Waals surface area contributed by atoms with E-state index in [9.17, 15) is 22.0 Å². The fraction of sp³-hybridized carbons (Fsp3) is 0.333. The summed E-state index contributed by atoms with van der Waals surface area (Å²) in [5.74, 6) is -1.74. The highest BCUT2D eigenvalue weighted by Gasteiger charge is 2.29. The van der Waals surface area contributed by atoms with Gasteiger partial charge >= 0.3 is 0 Å². The average Bonchev–Trinajstić information content (AvgIpc) is 3.35. The SMILES string of the molecule is CC(C)S(=O)(=O)NC(=O)c1cnn2ccc(N3CCC[C@@H]3c3cc(F)ccc3F)cc12. The molecule has 1 aliphatic heterocycles. The molecule has 31 heavy (non-hydrogen) atoms. The van der Waals surface area contributed by atoms with Crippen LogP contribution in [0.2, 0.25) is 0 Å². The van der Waals surface area contributed by atoms with Crippen LogP contribution in [0, 0.1) is 11.6 Å². The first-order chi connectivity index (χ1) is 14.7. The summed E-state index contributed by atoms with van der Waals surface area (Å²) in [7, 11) is -3.80. The van der Waals surface area contributed by atoms with Gasteiger partial charge in [0.05, 0.1) is 28.6 Å². The number of rotatable bonds is 5. The summed E-state index contributed by atoms with van der Waals surface area (Å²) in [6.45, 7) is 3.58. The molecule has 4 rings (SSSR count). The summed E-state index contributed by atoms with van der Waals surface area (Å²) in [6.07, 6.45) is 4.41. The van der Waals surface area contributed by atoms with E-state index in [1.54, 1.807) is 18.3 Å². The third-order valence-electron chi connectivity index (χ3n) is 5.51. The molecule has 3 heterocycles. The van der Waals surface area contributed by atoms with E-state index in [1.807, 2.05) is 4.90 Å². The van der Waals surface area contributed by atoms with Gasteiger partial charge in [0, 0.05) is 24.0 Å². The van der Waals surface area contributed by atoms with E-state index >= 15 is 0 Å². The van der Waals surface area contributed by atoms with Crippen LogP contribution in [0.5, 0.6) is 0 Å². The molecule has 1 saturated heterocycles. The van der Waals surface area contributed by atoms with Gasteiger partial charge < -0.3 is 4.90 Å². The van der Waals surface area contributed by atoms with Crippen molar-refractivity contribution in [3.63, 3.8) is 0 Å². The lowest BCUT2D eigenvalue weighted by atomic mass is 10.0. The Hall–Kier alpha value is -3.01. The van der Waals surface area contributed by atoms with Crippen molar-refractivity contribution in [2.45, 2.75) is 38.0 Å². The minimum atomic E-state index is -3.80. The zero-order chi connectivity index (χ0) is 22.3. The molecule has 164 valence electrons. The lowest BCUT2D eigenvalue weighted by Gasteiger charge is -2.27. The first-order valence-electron chi connectivity index (χ1n) is 9.92. The number of aromatic nitrogens is 2. The number of amides is 1. The average molecular weight is 448 g/mol. The molecular weight excluding hydrogens is 426 g/mol. The summed E-state index contributed by atoms with van der Waals surface area (Å²) in [5, 5.41) is 3.35. The van der Waals surface area contributed by atoms with Crippen molar-refractivity contribution >= 4 is 27.1 Å². The van der Waals surface area contributed by atoms with Gasteiger partial charge in [-0.25, -0.2) is 26.4 Å². The highest BCUT2D eigenvalue weighted by atomic mass is 32.2. The standard InChI is InChI=1S/C21H22F2N4O3S/c1-13(2)31(29,30)25-21(28)17-12-24-27-9-7-15(11-20(17)27)26-8-3-4-19(26)16-10-14(22)5-6-18(16)23/h5-7,9-13,19H,3-4,8H2,1-2H3,(H,25,28)/t19-/m1/s1. The Bertz CT molecular complexity index is 1260. The topological polar surface area (TPSA) is 83.8 Å². The van der Waals surface area contributed by atoms with Crippen molar-refractivity contribution in [2.24, 2.45) is 0 Å². The van der Waals surface area contributed by atoms with Crippen molar-refractivity contribution in [1.82, 2.24) is 14.3 Å². The van der Waals surface area contributed by atoms with Gasteiger partial charge in [0.2, 0.25) is 10.0 Å². The Kier molecular flexibility index (Phi) is 5.42. The number of hydrogen-bond donors (Lipinski definition) is 1. The van der Waals surface area contributed by atoms with Crippen LogP contribution in [-0.2, 0) is 10.0 Å². The van der Waals surface area contributed by atoms with E-state index in [0.717, 1.165) is 18.6 Å². The molecule has 0 spiro atoms. The lowest BCUT2D eigenvalue weighted by molar-refractivity contribution is 0.0982. The van der Waals surface area contributed by atoms with Crippen LogP contribution < -0.4 is 9.62 Å². The van der Waals surface area contributed by atoms with Crippen molar-refractivity contribution < 1.29 is 22.0 Å². The van der Waals surface area contributed by atoms with E-state index in [0.29, 0.717) is 24.2 Å². The summed E-state index contributed by atoms with van der Waals surface area (Å²) >= 11 is 0. The minimum absolute atomic E-state index is 0.110. The number of nitrogens with one attached hydrogen (secondary N) is 1. The number of carbonyl (C=O) groups excluding carboxylic acids is 1. The Balaban J connectivity index is 1.70. The maximum Gasteiger partial charge on any atom is 0.268 e. The molecule has 0 aliphatic carbocycles. The second kappa shape index (κ2) is 7.92. The predicted octanol–water partition coefficient (Wildman–Crippen LogP) is 3.42. The zero-order valence-corrected chi connectivity index (χ0v) is 17.9. The van der Waals surface area contributed by atoms with Gasteiger partial charge in [-0.3, -0.25) is 4.79 Å². The van der Waals surface area contributed by atoms with Crippen LogP contribution in [-0.4, -0.2) is 35.7 Å². The minimum Gasteiger partial charge on any atom is -0.364 e. The van der Waals surface area contributed by atoms with E-state index in [2.05, 4.69) is 9.82 Å². The van der Waals surface area contributed by atoms with Crippen LogP contribution >= 0.6 is 0 Å². The summed E-state index contributed by atoms with van der Waals surface area (Å²) < 4.78 is 55.8. The van der Waals surface area contributed by atoms with Crippen LogP contribution in [0.4, 0.5) is 14.5 Å². The maximum atomic E-state index is 14.4. The van der Waals surface area contributed by atoms with E-state index in [-0.39, 0.29) is 17.2 Å². The van der Waals surface area contributed by atoms with Gasteiger partial charge in [-0.1, -0.05) is 0 Å². The van der Waals surface area contributed by atoms with Crippen molar-refractivity contribution in [3.8, 4) is 0 Å². The smallest absolute Gasteiger partial charge is 0.268 e. The van der Waals surface area contributed by atoms with Gasteiger partial charge in [-0.2, -0.15) is 5.10 Å². The number of anilines is 1. The van der Waals surface area contributed by atoms with E-state index in [4.69, 9.17) is 0 Å². The highest BCUT2D eigenvalue weighted by molar-refractivity contribution is 7.90. The van der Waals surface area contributed by atoms with Crippen molar-refractivity contribution in [1.29, 1.82) is 0 Å². The quantitative estimate of drug-likeness (QED) is 0.647. The molecule has 1 N–H and O–H groups in total. The number of pyridine rings is 1. The van der Waals surface area contributed by atoms with Crippen molar-refractivity contribution in [2.75, 3.05) is 11.4 Å².